The number of thioether (sulfide) groups is 1. The van der Waals surface area contributed by atoms with Gasteiger partial charge in [-0.25, -0.2) is 0 Å². The summed E-state index contributed by atoms with van der Waals surface area (Å²) < 4.78 is 4.70. The molecular formula is C13H25NO2S. The van der Waals surface area contributed by atoms with Crippen LogP contribution in [0.3, 0.4) is 0 Å². The number of carbonyl (C=O) groups excluding carboxylic acids is 1. The number of esters is 1. The third-order valence-electron chi connectivity index (χ3n) is 3.79. The molecule has 17 heavy (non-hydrogen) atoms. The van der Waals surface area contributed by atoms with E-state index in [1.54, 1.807) is 11.8 Å². The van der Waals surface area contributed by atoms with E-state index in [0.29, 0.717) is 17.0 Å². The summed E-state index contributed by atoms with van der Waals surface area (Å²) in [6.45, 7) is 4.60. The summed E-state index contributed by atoms with van der Waals surface area (Å²) in [4.78, 5) is 11.2. The maximum Gasteiger partial charge on any atom is 0.315 e. The summed E-state index contributed by atoms with van der Waals surface area (Å²) in [5.74, 6) is 1.91. The Labute approximate surface area is 109 Å². The van der Waals surface area contributed by atoms with Crippen LogP contribution in [-0.4, -0.2) is 37.2 Å². The summed E-state index contributed by atoms with van der Waals surface area (Å²) in [7, 11) is 3.47. The smallest absolute Gasteiger partial charge is 0.315 e. The molecule has 0 saturated heterocycles. The van der Waals surface area contributed by atoms with Gasteiger partial charge in [-0.1, -0.05) is 13.8 Å². The van der Waals surface area contributed by atoms with Crippen LogP contribution in [0, 0.1) is 11.8 Å². The van der Waals surface area contributed by atoms with Crippen LogP contribution in [0.5, 0.6) is 0 Å². The summed E-state index contributed by atoms with van der Waals surface area (Å²) in [5, 5.41) is 3.92. The first kappa shape index (κ1) is 14.8. The van der Waals surface area contributed by atoms with Crippen molar-refractivity contribution in [2.45, 2.75) is 44.4 Å². The highest BCUT2D eigenvalue weighted by Gasteiger charge is 2.31. The molecular weight excluding hydrogens is 234 g/mol. The number of ether oxygens (including phenoxy) is 1. The molecule has 3 nitrogen and oxygen atoms in total. The van der Waals surface area contributed by atoms with Crippen molar-refractivity contribution < 1.29 is 9.53 Å². The number of hydrogen-bond acceptors (Lipinski definition) is 4. The molecule has 0 heterocycles. The maximum absolute atomic E-state index is 11.2. The topological polar surface area (TPSA) is 38.3 Å². The molecule has 1 aliphatic rings. The van der Waals surface area contributed by atoms with Gasteiger partial charge in [-0.05, 0) is 38.1 Å². The van der Waals surface area contributed by atoms with Crippen LogP contribution in [-0.2, 0) is 9.53 Å². The average Bonchev–Trinajstić information content (AvgIpc) is 2.35. The number of rotatable bonds is 5. The molecule has 0 aromatic rings. The molecule has 0 aromatic carbocycles. The minimum Gasteiger partial charge on any atom is -0.468 e. The Morgan fingerprint density at radius 2 is 2.18 bits per heavy atom. The number of nitrogens with one attached hydrogen (secondary N) is 1. The van der Waals surface area contributed by atoms with Gasteiger partial charge in [0.1, 0.15) is 0 Å². The Balaban J connectivity index is 2.48. The van der Waals surface area contributed by atoms with Gasteiger partial charge in [-0.15, -0.1) is 11.8 Å². The van der Waals surface area contributed by atoms with Crippen molar-refractivity contribution in [2.24, 2.45) is 11.8 Å². The van der Waals surface area contributed by atoms with Crippen LogP contribution in [0.1, 0.15) is 33.1 Å². The van der Waals surface area contributed by atoms with Crippen LogP contribution < -0.4 is 5.32 Å². The first-order chi connectivity index (χ1) is 8.08. The minimum atomic E-state index is -0.114. The maximum atomic E-state index is 11.2. The van der Waals surface area contributed by atoms with E-state index in [1.807, 2.05) is 7.05 Å². The van der Waals surface area contributed by atoms with Gasteiger partial charge < -0.3 is 10.1 Å². The van der Waals surface area contributed by atoms with Crippen LogP contribution in [0.15, 0.2) is 0 Å². The normalized spacial score (nSPS) is 29.4. The largest absolute Gasteiger partial charge is 0.468 e. The molecule has 0 aliphatic heterocycles. The highest BCUT2D eigenvalue weighted by Crippen LogP contribution is 2.36. The van der Waals surface area contributed by atoms with Crippen LogP contribution in [0.2, 0.25) is 0 Å². The van der Waals surface area contributed by atoms with Crippen molar-refractivity contribution in [1.29, 1.82) is 0 Å². The van der Waals surface area contributed by atoms with Gasteiger partial charge in [-0.3, -0.25) is 4.79 Å². The molecule has 0 radical (unpaired) electrons. The first-order valence-electron chi connectivity index (χ1n) is 6.44. The molecule has 3 atom stereocenters. The van der Waals surface area contributed by atoms with E-state index in [1.165, 1.54) is 26.4 Å². The van der Waals surface area contributed by atoms with Crippen LogP contribution >= 0.6 is 11.8 Å². The molecule has 0 bridgehead atoms. The Bertz CT molecular complexity index is 246. The number of hydrogen-bond donors (Lipinski definition) is 1. The molecule has 100 valence electrons. The zero-order chi connectivity index (χ0) is 12.8. The van der Waals surface area contributed by atoms with E-state index in [-0.39, 0.29) is 5.97 Å². The summed E-state index contributed by atoms with van der Waals surface area (Å²) in [5.41, 5.74) is 0. The molecule has 1 rings (SSSR count). The Morgan fingerprint density at radius 1 is 1.47 bits per heavy atom. The lowest BCUT2D eigenvalue weighted by Gasteiger charge is -2.37. The fraction of sp³-hybridized carbons (Fsp3) is 0.923. The second kappa shape index (κ2) is 7.27. The second-order valence-electron chi connectivity index (χ2n) is 5.14. The zero-order valence-corrected chi connectivity index (χ0v) is 12.2. The Kier molecular flexibility index (Phi) is 6.34. The van der Waals surface area contributed by atoms with Gasteiger partial charge in [0.15, 0.2) is 0 Å². The van der Waals surface area contributed by atoms with Gasteiger partial charge in [-0.2, -0.15) is 0 Å². The van der Waals surface area contributed by atoms with E-state index in [4.69, 9.17) is 4.74 Å². The minimum absolute atomic E-state index is 0.114. The fourth-order valence-electron chi connectivity index (χ4n) is 2.51. The van der Waals surface area contributed by atoms with Crippen molar-refractivity contribution >= 4 is 17.7 Å². The molecule has 0 amide bonds. The Hall–Kier alpha value is -0.220. The molecule has 1 aliphatic carbocycles. The summed E-state index contributed by atoms with van der Waals surface area (Å²) in [6.07, 6.45) is 3.74. The van der Waals surface area contributed by atoms with E-state index >= 15 is 0 Å². The van der Waals surface area contributed by atoms with Gasteiger partial charge in [0.05, 0.1) is 12.9 Å². The number of methoxy groups -OCH3 is 1. The molecule has 0 aromatic heterocycles. The summed E-state index contributed by atoms with van der Waals surface area (Å²) >= 11 is 1.75. The first-order valence-corrected chi connectivity index (χ1v) is 7.49. The Morgan fingerprint density at radius 3 is 2.71 bits per heavy atom. The second-order valence-corrected chi connectivity index (χ2v) is 6.37. The predicted octanol–water partition coefficient (Wildman–Crippen LogP) is 2.31. The lowest BCUT2D eigenvalue weighted by molar-refractivity contribution is -0.137. The van der Waals surface area contributed by atoms with Gasteiger partial charge in [0.2, 0.25) is 0 Å². The molecule has 1 fully saturated rings. The lowest BCUT2D eigenvalue weighted by Crippen LogP contribution is -2.42. The van der Waals surface area contributed by atoms with Crippen LogP contribution in [0.25, 0.3) is 0 Å². The molecule has 0 spiro atoms. The monoisotopic (exact) mass is 259 g/mol. The third kappa shape index (κ3) is 4.51. The zero-order valence-electron chi connectivity index (χ0n) is 11.4. The van der Waals surface area contributed by atoms with Crippen LogP contribution in [0.4, 0.5) is 0 Å². The summed E-state index contributed by atoms with van der Waals surface area (Å²) in [6, 6.07) is 0.541. The predicted molar refractivity (Wildman–Crippen MR) is 73.3 cm³/mol. The van der Waals surface area contributed by atoms with E-state index in [9.17, 15) is 4.79 Å². The van der Waals surface area contributed by atoms with Crippen molar-refractivity contribution in [3.8, 4) is 0 Å². The average molecular weight is 259 g/mol. The van der Waals surface area contributed by atoms with Gasteiger partial charge in [0.25, 0.3) is 0 Å². The van der Waals surface area contributed by atoms with Gasteiger partial charge >= 0.3 is 5.97 Å². The lowest BCUT2D eigenvalue weighted by atomic mass is 9.79. The number of carbonyl (C=O) groups is 1. The van der Waals surface area contributed by atoms with Crippen molar-refractivity contribution in [1.82, 2.24) is 5.32 Å². The fourth-order valence-corrected chi connectivity index (χ4v) is 3.87. The van der Waals surface area contributed by atoms with E-state index < -0.39 is 0 Å². The van der Waals surface area contributed by atoms with Gasteiger partial charge in [0, 0.05) is 11.3 Å². The quantitative estimate of drug-likeness (QED) is 0.769. The highest BCUT2D eigenvalue weighted by atomic mass is 32.2. The molecule has 3 unspecified atom stereocenters. The molecule has 1 saturated carbocycles. The van der Waals surface area contributed by atoms with Crippen molar-refractivity contribution in [3.05, 3.63) is 0 Å². The van der Waals surface area contributed by atoms with E-state index in [2.05, 4.69) is 19.2 Å². The van der Waals surface area contributed by atoms with E-state index in [0.717, 1.165) is 11.8 Å². The highest BCUT2D eigenvalue weighted by molar-refractivity contribution is 8.00. The molecule has 1 N–H and O–H groups in total. The SMILES string of the molecule is CNC1CCC(C(C)C)CC1SCC(=O)OC. The van der Waals surface area contributed by atoms with Crippen molar-refractivity contribution in [3.63, 3.8) is 0 Å². The molecule has 4 heteroatoms. The van der Waals surface area contributed by atoms with Crippen molar-refractivity contribution in [2.75, 3.05) is 19.9 Å². The third-order valence-corrected chi connectivity index (χ3v) is 5.14. The standard InChI is InChI=1S/C13H25NO2S/c1-9(2)10-5-6-11(14-3)12(7-10)17-8-13(15)16-4/h9-12,14H,5-8H2,1-4H3.